The minimum Gasteiger partial charge on any atom is -0.393 e. The normalized spacial score (nSPS) is 23.3. The van der Waals surface area contributed by atoms with Gasteiger partial charge in [-0.1, -0.05) is 30.3 Å². The second-order valence-corrected chi connectivity index (χ2v) is 6.79. The summed E-state index contributed by atoms with van der Waals surface area (Å²) in [5, 5.41) is 10.0. The van der Waals surface area contributed by atoms with E-state index in [1.54, 1.807) is 6.33 Å². The molecule has 1 radical (unpaired) electrons. The fourth-order valence-corrected chi connectivity index (χ4v) is 3.65. The van der Waals surface area contributed by atoms with Crippen LogP contribution in [0.1, 0.15) is 12.8 Å². The Hall–Kier alpha value is -2.47. The average Bonchev–Trinajstić information content (AvgIpc) is 3.15. The first-order valence-electron chi connectivity index (χ1n) is 8.53. The van der Waals surface area contributed by atoms with E-state index >= 15 is 0 Å². The van der Waals surface area contributed by atoms with Crippen molar-refractivity contribution in [3.8, 4) is 11.4 Å². The second kappa shape index (κ2) is 6.11. The number of aryl methyl sites for hydroxylation is 1. The van der Waals surface area contributed by atoms with E-state index in [0.29, 0.717) is 6.42 Å². The number of anilines is 1. The largest absolute Gasteiger partial charge is 0.393 e. The lowest BCUT2D eigenvalue weighted by Gasteiger charge is -2.25. The van der Waals surface area contributed by atoms with E-state index in [1.165, 1.54) is 0 Å². The first-order valence-corrected chi connectivity index (χ1v) is 8.53. The van der Waals surface area contributed by atoms with Gasteiger partial charge in [0.2, 0.25) is 0 Å². The van der Waals surface area contributed by atoms with E-state index in [-0.39, 0.29) is 18.1 Å². The van der Waals surface area contributed by atoms with Crippen LogP contribution in [0.2, 0.25) is 0 Å². The topological polar surface area (TPSA) is 67.1 Å². The summed E-state index contributed by atoms with van der Waals surface area (Å²) in [4.78, 5) is 15.9. The SMILES string of the molecule is [CH2][C@H]1C[C@@H](N(C)c2ncnc3c2nc(-c2ccccc2)n3C)C[C@@H]1O. The third-order valence-electron chi connectivity index (χ3n) is 5.18. The van der Waals surface area contributed by atoms with Gasteiger partial charge in [0.05, 0.1) is 6.10 Å². The number of nitrogens with zero attached hydrogens (tertiary/aromatic N) is 5. The van der Waals surface area contributed by atoms with Crippen molar-refractivity contribution < 1.29 is 5.11 Å². The molecule has 6 heteroatoms. The predicted octanol–water partition coefficient (Wildman–Crippen LogP) is 2.44. The van der Waals surface area contributed by atoms with Crippen LogP contribution in [0.3, 0.4) is 0 Å². The van der Waals surface area contributed by atoms with E-state index in [9.17, 15) is 5.11 Å². The van der Waals surface area contributed by atoms with Crippen molar-refractivity contribution in [2.24, 2.45) is 13.0 Å². The molecule has 3 aromatic rings. The fraction of sp³-hybridized carbons (Fsp3) is 0.368. The Kier molecular flexibility index (Phi) is 3.92. The van der Waals surface area contributed by atoms with Gasteiger partial charge in [-0.05, 0) is 25.7 Å². The lowest BCUT2D eigenvalue weighted by Crippen LogP contribution is -2.30. The van der Waals surface area contributed by atoms with Gasteiger partial charge in [-0.15, -0.1) is 0 Å². The molecular weight excluding hydrogens is 314 g/mol. The maximum atomic E-state index is 10.0. The quantitative estimate of drug-likeness (QED) is 0.796. The number of aliphatic hydroxyl groups is 1. The van der Waals surface area contributed by atoms with Gasteiger partial charge >= 0.3 is 0 Å². The number of hydrogen-bond donors (Lipinski definition) is 1. The van der Waals surface area contributed by atoms with Crippen LogP contribution < -0.4 is 4.90 Å². The predicted molar refractivity (Wildman–Crippen MR) is 98.0 cm³/mol. The summed E-state index contributed by atoms with van der Waals surface area (Å²) >= 11 is 0. The minimum absolute atomic E-state index is 0.0633. The molecule has 1 aliphatic carbocycles. The van der Waals surface area contributed by atoms with Crippen LogP contribution in [0.25, 0.3) is 22.6 Å². The van der Waals surface area contributed by atoms with Gasteiger partial charge < -0.3 is 14.6 Å². The number of fused-ring (bicyclic) bond motifs is 1. The number of hydrogen-bond acceptors (Lipinski definition) is 5. The molecule has 1 N–H and O–H groups in total. The summed E-state index contributed by atoms with van der Waals surface area (Å²) in [6, 6.07) is 10.3. The van der Waals surface area contributed by atoms with Crippen molar-refractivity contribution in [1.82, 2.24) is 19.5 Å². The third-order valence-corrected chi connectivity index (χ3v) is 5.18. The van der Waals surface area contributed by atoms with Crippen LogP contribution in [0.15, 0.2) is 36.7 Å². The summed E-state index contributed by atoms with van der Waals surface area (Å²) in [5.41, 5.74) is 2.64. The summed E-state index contributed by atoms with van der Waals surface area (Å²) in [7, 11) is 3.98. The average molecular weight is 336 g/mol. The van der Waals surface area contributed by atoms with E-state index in [2.05, 4.69) is 21.8 Å². The molecule has 0 amide bonds. The van der Waals surface area contributed by atoms with Gasteiger partial charge in [-0.25, -0.2) is 15.0 Å². The van der Waals surface area contributed by atoms with Crippen molar-refractivity contribution in [1.29, 1.82) is 0 Å². The monoisotopic (exact) mass is 336 g/mol. The smallest absolute Gasteiger partial charge is 0.165 e. The molecule has 4 rings (SSSR count). The van der Waals surface area contributed by atoms with Crippen LogP contribution in [0.4, 0.5) is 5.82 Å². The van der Waals surface area contributed by atoms with Gasteiger partial charge in [-0.2, -0.15) is 0 Å². The molecule has 0 bridgehead atoms. The van der Waals surface area contributed by atoms with Crippen LogP contribution >= 0.6 is 0 Å². The highest BCUT2D eigenvalue weighted by atomic mass is 16.3. The van der Waals surface area contributed by atoms with Crippen LogP contribution in [-0.4, -0.2) is 43.8 Å². The lowest BCUT2D eigenvalue weighted by molar-refractivity contribution is 0.151. The van der Waals surface area contributed by atoms with Crippen LogP contribution in [0.5, 0.6) is 0 Å². The Balaban J connectivity index is 1.78. The number of rotatable bonds is 3. The number of aromatic nitrogens is 4. The zero-order valence-electron chi connectivity index (χ0n) is 14.5. The van der Waals surface area contributed by atoms with Gasteiger partial charge in [0.25, 0.3) is 0 Å². The molecule has 2 aromatic heterocycles. The molecule has 3 atom stereocenters. The lowest BCUT2D eigenvalue weighted by atomic mass is 10.1. The van der Waals surface area contributed by atoms with Crippen molar-refractivity contribution in [3.05, 3.63) is 43.6 Å². The molecule has 129 valence electrons. The summed E-state index contributed by atoms with van der Waals surface area (Å²) in [6.45, 7) is 4.04. The molecule has 0 saturated heterocycles. The first kappa shape index (κ1) is 16.0. The molecule has 0 aliphatic heterocycles. The maximum absolute atomic E-state index is 10.0. The molecule has 0 unspecified atom stereocenters. The zero-order valence-corrected chi connectivity index (χ0v) is 14.5. The molecule has 1 aromatic carbocycles. The molecule has 1 saturated carbocycles. The van der Waals surface area contributed by atoms with E-state index in [4.69, 9.17) is 4.98 Å². The Morgan fingerprint density at radius 2 is 1.96 bits per heavy atom. The van der Waals surface area contributed by atoms with Gasteiger partial charge in [-0.3, -0.25) is 0 Å². The van der Waals surface area contributed by atoms with Crippen molar-refractivity contribution in [2.75, 3.05) is 11.9 Å². The summed E-state index contributed by atoms with van der Waals surface area (Å²) < 4.78 is 2.00. The molecule has 25 heavy (non-hydrogen) atoms. The summed E-state index contributed by atoms with van der Waals surface area (Å²) in [5.74, 6) is 1.73. The van der Waals surface area contributed by atoms with Crippen molar-refractivity contribution >= 4 is 17.0 Å². The van der Waals surface area contributed by atoms with E-state index in [0.717, 1.165) is 34.8 Å². The maximum Gasteiger partial charge on any atom is 0.165 e. The highest BCUT2D eigenvalue weighted by molar-refractivity contribution is 5.86. The van der Waals surface area contributed by atoms with Gasteiger partial charge in [0.15, 0.2) is 17.0 Å². The standard InChI is InChI=1S/C19H22N5O/c1-12-9-14(10-15(12)25)23(2)18-16-19(21-11-20-18)24(3)17(22-16)13-7-5-4-6-8-13/h4-8,11-12,14-15,25H,1,9-10H2,2-3H3/t12-,14+,15-/m0/s1. The van der Waals surface area contributed by atoms with Crippen molar-refractivity contribution in [3.63, 3.8) is 0 Å². The molecule has 0 spiro atoms. The third kappa shape index (κ3) is 2.66. The highest BCUT2D eigenvalue weighted by Gasteiger charge is 2.33. The van der Waals surface area contributed by atoms with Crippen LogP contribution in [-0.2, 0) is 7.05 Å². The Morgan fingerprint density at radius 1 is 1.20 bits per heavy atom. The minimum atomic E-state index is -0.353. The highest BCUT2D eigenvalue weighted by Crippen LogP contribution is 2.33. The first-order chi connectivity index (χ1) is 12.1. The van der Waals surface area contributed by atoms with E-state index in [1.807, 2.05) is 49.0 Å². The molecule has 2 heterocycles. The molecule has 6 nitrogen and oxygen atoms in total. The number of aliphatic hydroxyl groups excluding tert-OH is 1. The van der Waals surface area contributed by atoms with E-state index < -0.39 is 0 Å². The second-order valence-electron chi connectivity index (χ2n) is 6.79. The Bertz CT molecular complexity index is 881. The molecular formula is C19H22N5O. The van der Waals surface area contributed by atoms with Crippen molar-refractivity contribution in [2.45, 2.75) is 25.0 Å². The number of benzene rings is 1. The van der Waals surface area contributed by atoms with Gasteiger partial charge in [0.1, 0.15) is 12.2 Å². The van der Waals surface area contributed by atoms with Gasteiger partial charge in [0, 0.05) is 25.7 Å². The Morgan fingerprint density at radius 3 is 2.64 bits per heavy atom. The molecule has 1 fully saturated rings. The van der Waals surface area contributed by atoms with Crippen LogP contribution in [0, 0.1) is 12.8 Å². The zero-order chi connectivity index (χ0) is 17.6. The summed E-state index contributed by atoms with van der Waals surface area (Å²) in [6.07, 6.45) is 2.78. The fourth-order valence-electron chi connectivity index (χ4n) is 3.65. The number of imidazole rings is 1. The Labute approximate surface area is 147 Å². The molecule has 1 aliphatic rings.